The number of anilines is 1. The number of rotatable bonds is 9. The molecule has 0 spiro atoms. The molecule has 0 fully saturated rings. The van der Waals surface area contributed by atoms with Gasteiger partial charge in [-0.15, -0.1) is 0 Å². The second kappa shape index (κ2) is 10.7. The number of ether oxygens (including phenoxy) is 3. The quantitative estimate of drug-likeness (QED) is 0.305. The van der Waals surface area contributed by atoms with Crippen molar-refractivity contribution in [2.45, 2.75) is 27.0 Å². The molecule has 0 atom stereocenters. The molecule has 0 aliphatic carbocycles. The predicted octanol–water partition coefficient (Wildman–Crippen LogP) is 5.78. The van der Waals surface area contributed by atoms with E-state index in [9.17, 15) is 9.18 Å². The maximum Gasteiger partial charge on any atom is 0.291 e. The summed E-state index contributed by atoms with van der Waals surface area (Å²) >= 11 is 5.97. The van der Waals surface area contributed by atoms with E-state index < -0.39 is 11.7 Å². The lowest BCUT2D eigenvalue weighted by Crippen LogP contribution is -2.12. The molecule has 0 aliphatic heterocycles. The Morgan fingerprint density at radius 3 is 2.53 bits per heavy atom. The number of nitrogens with zero attached hydrogens (tertiary/aromatic N) is 2. The molecule has 0 bridgehead atoms. The van der Waals surface area contributed by atoms with Crippen molar-refractivity contribution in [3.05, 3.63) is 87.8 Å². The van der Waals surface area contributed by atoms with Gasteiger partial charge in [-0.25, -0.2) is 4.39 Å². The van der Waals surface area contributed by atoms with Gasteiger partial charge in [-0.1, -0.05) is 17.7 Å². The zero-order chi connectivity index (χ0) is 25.8. The molecular weight excluding hydrogens is 489 g/mol. The molecule has 4 aromatic rings. The van der Waals surface area contributed by atoms with E-state index in [4.69, 9.17) is 30.2 Å². The van der Waals surface area contributed by atoms with Crippen LogP contribution in [0.15, 0.2) is 52.9 Å². The van der Waals surface area contributed by atoms with Crippen molar-refractivity contribution in [3.8, 4) is 17.2 Å². The van der Waals surface area contributed by atoms with Gasteiger partial charge in [-0.3, -0.25) is 9.48 Å². The third-order valence-electron chi connectivity index (χ3n) is 5.55. The molecule has 4 rings (SSSR count). The lowest BCUT2D eigenvalue weighted by molar-refractivity contribution is 0.0992. The molecule has 2 heterocycles. The Balaban J connectivity index is 1.43. The first-order valence-electron chi connectivity index (χ1n) is 11.0. The Kier molecular flexibility index (Phi) is 7.49. The standard InChI is InChI=1S/C26H25ClFN3O5/c1-15-25(16(2)31(30-15)13-17-5-8-22(33-3)24(11-17)34-4)29-26(32)23-10-7-19(36-23)14-35-21-9-6-18(28)12-20(21)27/h5-12H,13-14H2,1-4H3,(H,29,32). The normalized spacial score (nSPS) is 10.8. The number of hydrogen-bond acceptors (Lipinski definition) is 6. The fourth-order valence-electron chi connectivity index (χ4n) is 3.68. The number of furan rings is 1. The molecule has 2 aromatic heterocycles. The molecule has 188 valence electrons. The summed E-state index contributed by atoms with van der Waals surface area (Å²) in [7, 11) is 3.17. The molecule has 0 aliphatic rings. The zero-order valence-electron chi connectivity index (χ0n) is 20.2. The summed E-state index contributed by atoms with van der Waals surface area (Å²) in [4.78, 5) is 12.8. The summed E-state index contributed by atoms with van der Waals surface area (Å²) in [5, 5.41) is 7.60. The van der Waals surface area contributed by atoms with E-state index in [1.54, 1.807) is 31.0 Å². The van der Waals surface area contributed by atoms with Gasteiger partial charge in [0.25, 0.3) is 5.91 Å². The van der Waals surface area contributed by atoms with Gasteiger partial charge in [-0.2, -0.15) is 5.10 Å². The Morgan fingerprint density at radius 1 is 1.06 bits per heavy atom. The molecule has 8 nitrogen and oxygen atoms in total. The van der Waals surface area contributed by atoms with Crippen LogP contribution >= 0.6 is 11.6 Å². The summed E-state index contributed by atoms with van der Waals surface area (Å²) in [5.74, 6) is 1.24. The highest BCUT2D eigenvalue weighted by Gasteiger charge is 2.18. The third kappa shape index (κ3) is 5.46. The topological polar surface area (TPSA) is 87.8 Å². The minimum atomic E-state index is -0.457. The first kappa shape index (κ1) is 25.1. The number of methoxy groups -OCH3 is 2. The van der Waals surface area contributed by atoms with Crippen molar-refractivity contribution >= 4 is 23.2 Å². The second-order valence-corrected chi connectivity index (χ2v) is 8.38. The number of halogens is 2. The minimum absolute atomic E-state index is 0.0277. The lowest BCUT2D eigenvalue weighted by Gasteiger charge is -2.11. The Hall–Kier alpha value is -3.98. The fraction of sp³-hybridized carbons (Fsp3) is 0.231. The molecular formula is C26H25ClFN3O5. The molecule has 36 heavy (non-hydrogen) atoms. The first-order chi connectivity index (χ1) is 17.3. The van der Waals surface area contributed by atoms with Gasteiger partial charge in [0.15, 0.2) is 17.3 Å². The van der Waals surface area contributed by atoms with Gasteiger partial charge >= 0.3 is 0 Å². The van der Waals surface area contributed by atoms with Gasteiger partial charge in [0.05, 0.1) is 42.9 Å². The van der Waals surface area contributed by atoms with E-state index in [1.165, 1.54) is 12.1 Å². The highest BCUT2D eigenvalue weighted by molar-refractivity contribution is 6.32. The van der Waals surface area contributed by atoms with Crippen molar-refractivity contribution in [2.24, 2.45) is 0 Å². The van der Waals surface area contributed by atoms with Crippen molar-refractivity contribution in [1.29, 1.82) is 0 Å². The third-order valence-corrected chi connectivity index (χ3v) is 5.84. The zero-order valence-corrected chi connectivity index (χ0v) is 21.0. The number of benzene rings is 2. The fourth-order valence-corrected chi connectivity index (χ4v) is 3.90. The maximum atomic E-state index is 13.2. The molecule has 0 unspecified atom stereocenters. The largest absolute Gasteiger partial charge is 0.493 e. The van der Waals surface area contributed by atoms with Crippen LogP contribution in [-0.4, -0.2) is 29.9 Å². The lowest BCUT2D eigenvalue weighted by atomic mass is 10.2. The van der Waals surface area contributed by atoms with Crippen LogP contribution in [0.3, 0.4) is 0 Å². The molecule has 1 N–H and O–H groups in total. The number of amides is 1. The second-order valence-electron chi connectivity index (χ2n) is 7.98. The minimum Gasteiger partial charge on any atom is -0.493 e. The van der Waals surface area contributed by atoms with Crippen LogP contribution in [0.4, 0.5) is 10.1 Å². The van der Waals surface area contributed by atoms with E-state index in [2.05, 4.69) is 10.4 Å². The summed E-state index contributed by atoms with van der Waals surface area (Å²) < 4.78 is 36.9. The predicted molar refractivity (Wildman–Crippen MR) is 133 cm³/mol. The number of hydrogen-bond donors (Lipinski definition) is 1. The SMILES string of the molecule is COc1ccc(Cn2nc(C)c(NC(=O)c3ccc(COc4ccc(F)cc4Cl)o3)c2C)cc1OC. The monoisotopic (exact) mass is 513 g/mol. The summed E-state index contributed by atoms with van der Waals surface area (Å²) in [5.41, 5.74) is 3.03. The summed E-state index contributed by atoms with van der Waals surface area (Å²) in [6.45, 7) is 4.21. The van der Waals surface area contributed by atoms with E-state index in [-0.39, 0.29) is 17.4 Å². The Morgan fingerprint density at radius 2 is 1.81 bits per heavy atom. The molecule has 0 saturated carbocycles. The van der Waals surface area contributed by atoms with Crippen LogP contribution < -0.4 is 19.5 Å². The average Bonchev–Trinajstić information content (AvgIpc) is 3.44. The Labute approximate surface area is 212 Å². The number of aromatic nitrogens is 2. The first-order valence-corrected chi connectivity index (χ1v) is 11.4. The number of aryl methyl sites for hydroxylation is 1. The van der Waals surface area contributed by atoms with Crippen molar-refractivity contribution in [2.75, 3.05) is 19.5 Å². The van der Waals surface area contributed by atoms with Crippen LogP contribution in [0, 0.1) is 19.7 Å². The van der Waals surface area contributed by atoms with Crippen LogP contribution in [-0.2, 0) is 13.2 Å². The maximum absolute atomic E-state index is 13.2. The van der Waals surface area contributed by atoms with Crippen molar-refractivity contribution in [3.63, 3.8) is 0 Å². The Bertz CT molecular complexity index is 1400. The van der Waals surface area contributed by atoms with Crippen molar-refractivity contribution in [1.82, 2.24) is 9.78 Å². The molecule has 0 radical (unpaired) electrons. The number of nitrogens with one attached hydrogen (secondary N) is 1. The smallest absolute Gasteiger partial charge is 0.291 e. The molecule has 1 amide bonds. The van der Waals surface area contributed by atoms with Crippen LogP contribution in [0.5, 0.6) is 17.2 Å². The van der Waals surface area contributed by atoms with Crippen LogP contribution in [0.1, 0.15) is 33.3 Å². The van der Waals surface area contributed by atoms with Crippen molar-refractivity contribution < 1.29 is 27.8 Å². The number of carbonyl (C=O) groups excluding carboxylic acids is 1. The van der Waals surface area contributed by atoms with Gasteiger partial charge < -0.3 is 23.9 Å². The van der Waals surface area contributed by atoms with Gasteiger partial charge in [0.1, 0.15) is 23.9 Å². The summed E-state index contributed by atoms with van der Waals surface area (Å²) in [6, 6.07) is 12.7. The van der Waals surface area contributed by atoms with E-state index >= 15 is 0 Å². The highest BCUT2D eigenvalue weighted by atomic mass is 35.5. The highest BCUT2D eigenvalue weighted by Crippen LogP contribution is 2.29. The van der Waals surface area contributed by atoms with E-state index in [1.807, 2.05) is 32.0 Å². The molecule has 0 saturated heterocycles. The summed E-state index contributed by atoms with van der Waals surface area (Å²) in [6.07, 6.45) is 0. The van der Waals surface area contributed by atoms with E-state index in [0.717, 1.165) is 17.3 Å². The van der Waals surface area contributed by atoms with Gasteiger partial charge in [0, 0.05) is 0 Å². The van der Waals surface area contributed by atoms with E-state index in [0.29, 0.717) is 40.9 Å². The van der Waals surface area contributed by atoms with Crippen LogP contribution in [0.25, 0.3) is 0 Å². The van der Waals surface area contributed by atoms with Gasteiger partial charge in [-0.05, 0) is 61.9 Å². The van der Waals surface area contributed by atoms with Gasteiger partial charge in [0.2, 0.25) is 0 Å². The average molecular weight is 514 g/mol. The number of carbonyl (C=O) groups is 1. The van der Waals surface area contributed by atoms with Crippen LogP contribution in [0.2, 0.25) is 5.02 Å². The molecule has 10 heteroatoms. The molecule has 2 aromatic carbocycles.